The van der Waals surface area contributed by atoms with Gasteiger partial charge >= 0.3 is 5.97 Å². The lowest BCUT2D eigenvalue weighted by Gasteiger charge is -2.23. The zero-order valence-corrected chi connectivity index (χ0v) is 9.42. The first-order valence-corrected chi connectivity index (χ1v) is 5.38. The van der Waals surface area contributed by atoms with Crippen LogP contribution in [-0.2, 0) is 4.79 Å². The average molecular weight is 221 g/mol. The molecule has 1 N–H and O–H groups in total. The van der Waals surface area contributed by atoms with Crippen LogP contribution in [-0.4, -0.2) is 33.6 Å². The summed E-state index contributed by atoms with van der Waals surface area (Å²) in [6.07, 6.45) is 2.54. The fourth-order valence-corrected chi connectivity index (χ4v) is 2.12. The van der Waals surface area contributed by atoms with Crippen LogP contribution in [0.2, 0.25) is 0 Å². The van der Waals surface area contributed by atoms with Gasteiger partial charge in [0.15, 0.2) is 0 Å². The molecule has 1 aromatic heterocycles. The summed E-state index contributed by atoms with van der Waals surface area (Å²) in [5, 5.41) is 9.19. The summed E-state index contributed by atoms with van der Waals surface area (Å²) < 4.78 is 0. The fourth-order valence-electron chi connectivity index (χ4n) is 2.12. The third-order valence-electron chi connectivity index (χ3n) is 2.99. The third-order valence-corrected chi connectivity index (χ3v) is 2.99. The molecular weight excluding hydrogens is 206 g/mol. The molecule has 0 aliphatic carbocycles. The first kappa shape index (κ1) is 10.9. The van der Waals surface area contributed by atoms with Gasteiger partial charge in [-0.05, 0) is 25.3 Å². The molecule has 86 valence electrons. The highest BCUT2D eigenvalue weighted by molar-refractivity contribution is 5.78. The molecule has 5 heteroatoms. The van der Waals surface area contributed by atoms with Crippen molar-refractivity contribution in [3.63, 3.8) is 0 Å². The van der Waals surface area contributed by atoms with Gasteiger partial charge in [-0.1, -0.05) is 6.92 Å². The molecule has 2 heterocycles. The van der Waals surface area contributed by atoms with Crippen LogP contribution in [0.3, 0.4) is 0 Å². The van der Waals surface area contributed by atoms with Crippen molar-refractivity contribution < 1.29 is 9.90 Å². The molecule has 1 aromatic rings. The second kappa shape index (κ2) is 4.08. The summed E-state index contributed by atoms with van der Waals surface area (Å²) in [5.74, 6) is -0.131. The maximum Gasteiger partial charge on any atom is 0.326 e. The van der Waals surface area contributed by atoms with Crippen LogP contribution in [0.25, 0.3) is 0 Å². The van der Waals surface area contributed by atoms with Crippen LogP contribution in [0, 0.1) is 12.8 Å². The maximum atomic E-state index is 11.2. The first-order chi connectivity index (χ1) is 7.59. The van der Waals surface area contributed by atoms with E-state index in [0.29, 0.717) is 12.5 Å². The van der Waals surface area contributed by atoms with E-state index in [2.05, 4.69) is 9.97 Å². The van der Waals surface area contributed by atoms with Crippen LogP contribution in [0.15, 0.2) is 12.3 Å². The molecule has 1 fully saturated rings. The normalized spacial score (nSPS) is 24.8. The van der Waals surface area contributed by atoms with E-state index >= 15 is 0 Å². The van der Waals surface area contributed by atoms with Crippen LogP contribution in [0.1, 0.15) is 19.0 Å². The van der Waals surface area contributed by atoms with Crippen molar-refractivity contribution >= 4 is 11.9 Å². The standard InChI is InChI=1S/C11H15N3O2/c1-7-4-6-14(9(7)10(15)16)11-12-5-3-8(2)13-11/h3,5,7,9H,4,6H2,1-2H3,(H,15,16). The van der Waals surface area contributed by atoms with Gasteiger partial charge in [-0.15, -0.1) is 0 Å². The topological polar surface area (TPSA) is 66.3 Å². The molecule has 0 aromatic carbocycles. The molecule has 1 saturated heterocycles. The number of nitrogens with zero attached hydrogens (tertiary/aromatic N) is 3. The van der Waals surface area contributed by atoms with Gasteiger partial charge in [-0.3, -0.25) is 0 Å². The molecule has 0 bridgehead atoms. The highest BCUT2D eigenvalue weighted by Crippen LogP contribution is 2.27. The second-order valence-corrected chi connectivity index (χ2v) is 4.24. The van der Waals surface area contributed by atoms with E-state index in [1.54, 1.807) is 17.2 Å². The summed E-state index contributed by atoms with van der Waals surface area (Å²) in [7, 11) is 0. The molecule has 2 unspecified atom stereocenters. The molecule has 0 spiro atoms. The third kappa shape index (κ3) is 1.85. The Kier molecular flexibility index (Phi) is 2.77. The largest absolute Gasteiger partial charge is 0.480 e. The Morgan fingerprint density at radius 1 is 1.62 bits per heavy atom. The molecule has 0 amide bonds. The minimum atomic E-state index is -0.796. The van der Waals surface area contributed by atoms with Crippen LogP contribution < -0.4 is 4.90 Å². The van der Waals surface area contributed by atoms with Crippen molar-refractivity contribution in [2.45, 2.75) is 26.3 Å². The zero-order chi connectivity index (χ0) is 11.7. The molecule has 0 saturated carbocycles. The van der Waals surface area contributed by atoms with E-state index in [-0.39, 0.29) is 5.92 Å². The van der Waals surface area contributed by atoms with Crippen molar-refractivity contribution in [2.75, 3.05) is 11.4 Å². The number of aryl methyl sites for hydroxylation is 1. The summed E-state index contributed by atoms with van der Waals surface area (Å²) >= 11 is 0. The molecule has 1 aliphatic rings. The minimum Gasteiger partial charge on any atom is -0.480 e. The van der Waals surface area contributed by atoms with Crippen LogP contribution >= 0.6 is 0 Å². The minimum absolute atomic E-state index is 0.140. The van der Waals surface area contributed by atoms with Gasteiger partial charge in [0.05, 0.1) is 0 Å². The van der Waals surface area contributed by atoms with E-state index in [9.17, 15) is 9.90 Å². The molecular formula is C11H15N3O2. The van der Waals surface area contributed by atoms with E-state index in [1.807, 2.05) is 13.8 Å². The molecule has 0 radical (unpaired) electrons. The van der Waals surface area contributed by atoms with Crippen LogP contribution in [0.4, 0.5) is 5.95 Å². The number of carboxylic acids is 1. The quantitative estimate of drug-likeness (QED) is 0.809. The summed E-state index contributed by atoms with van der Waals surface area (Å²) in [6.45, 7) is 4.54. The summed E-state index contributed by atoms with van der Waals surface area (Å²) in [6, 6.07) is 1.31. The Bertz CT molecular complexity index is 408. The summed E-state index contributed by atoms with van der Waals surface area (Å²) in [5.41, 5.74) is 0.855. The Morgan fingerprint density at radius 2 is 2.38 bits per heavy atom. The number of hydrogen-bond acceptors (Lipinski definition) is 4. The van der Waals surface area contributed by atoms with Crippen molar-refractivity contribution in [1.29, 1.82) is 0 Å². The lowest BCUT2D eigenvalue weighted by atomic mass is 10.0. The molecule has 2 rings (SSSR count). The lowest BCUT2D eigenvalue weighted by molar-refractivity contribution is -0.139. The molecule has 5 nitrogen and oxygen atoms in total. The van der Waals surface area contributed by atoms with Crippen molar-refractivity contribution in [3.05, 3.63) is 18.0 Å². The number of anilines is 1. The molecule has 2 atom stereocenters. The Labute approximate surface area is 94.1 Å². The van der Waals surface area contributed by atoms with Gasteiger partial charge in [0.1, 0.15) is 6.04 Å². The number of aliphatic carboxylic acids is 1. The number of rotatable bonds is 2. The SMILES string of the molecule is Cc1ccnc(N2CCC(C)C2C(=O)O)n1. The highest BCUT2D eigenvalue weighted by Gasteiger charge is 2.38. The van der Waals surface area contributed by atoms with E-state index in [0.717, 1.165) is 12.1 Å². The Balaban J connectivity index is 2.30. The predicted molar refractivity (Wildman–Crippen MR) is 59.3 cm³/mol. The average Bonchev–Trinajstić information content (AvgIpc) is 2.60. The number of carbonyl (C=O) groups is 1. The number of aromatic nitrogens is 2. The van der Waals surface area contributed by atoms with E-state index in [4.69, 9.17) is 0 Å². The van der Waals surface area contributed by atoms with E-state index < -0.39 is 12.0 Å². The first-order valence-electron chi connectivity index (χ1n) is 5.38. The maximum absolute atomic E-state index is 11.2. The summed E-state index contributed by atoms with van der Waals surface area (Å²) in [4.78, 5) is 21.4. The predicted octanol–water partition coefficient (Wildman–Crippen LogP) is 1.08. The number of carboxylic acid groups (broad SMARTS) is 1. The number of hydrogen-bond donors (Lipinski definition) is 1. The molecule has 16 heavy (non-hydrogen) atoms. The van der Waals surface area contributed by atoms with Crippen molar-refractivity contribution in [2.24, 2.45) is 5.92 Å². The highest BCUT2D eigenvalue weighted by atomic mass is 16.4. The smallest absolute Gasteiger partial charge is 0.326 e. The van der Waals surface area contributed by atoms with Gasteiger partial charge in [0.25, 0.3) is 0 Å². The van der Waals surface area contributed by atoms with Crippen LogP contribution in [0.5, 0.6) is 0 Å². The Morgan fingerprint density at radius 3 is 3.00 bits per heavy atom. The van der Waals surface area contributed by atoms with Gasteiger partial charge in [-0.2, -0.15) is 0 Å². The van der Waals surface area contributed by atoms with Gasteiger partial charge in [0.2, 0.25) is 5.95 Å². The Hall–Kier alpha value is -1.65. The fraction of sp³-hybridized carbons (Fsp3) is 0.545. The zero-order valence-electron chi connectivity index (χ0n) is 9.42. The van der Waals surface area contributed by atoms with Gasteiger partial charge in [0, 0.05) is 18.4 Å². The van der Waals surface area contributed by atoms with E-state index in [1.165, 1.54) is 0 Å². The van der Waals surface area contributed by atoms with Crippen molar-refractivity contribution in [1.82, 2.24) is 9.97 Å². The van der Waals surface area contributed by atoms with Crippen molar-refractivity contribution in [3.8, 4) is 0 Å². The monoisotopic (exact) mass is 221 g/mol. The van der Waals surface area contributed by atoms with Gasteiger partial charge in [-0.25, -0.2) is 14.8 Å². The second-order valence-electron chi connectivity index (χ2n) is 4.24. The molecule has 1 aliphatic heterocycles. The van der Waals surface area contributed by atoms with Gasteiger partial charge < -0.3 is 10.0 Å². The lowest BCUT2D eigenvalue weighted by Crippen LogP contribution is -2.40.